The summed E-state index contributed by atoms with van der Waals surface area (Å²) in [7, 11) is 0. The zero-order chi connectivity index (χ0) is 20.6. The van der Waals surface area contributed by atoms with E-state index in [1.165, 1.54) is 4.88 Å². The zero-order valence-corrected chi connectivity index (χ0v) is 20.7. The Hall–Kier alpha value is -2.20. The van der Waals surface area contributed by atoms with Gasteiger partial charge >= 0.3 is 0 Å². The van der Waals surface area contributed by atoms with Gasteiger partial charge in [0.25, 0.3) is 5.56 Å². The minimum absolute atomic E-state index is 0. The van der Waals surface area contributed by atoms with Gasteiger partial charge in [0.2, 0.25) is 0 Å². The summed E-state index contributed by atoms with van der Waals surface area (Å²) in [4.78, 5) is 22.2. The van der Waals surface area contributed by atoms with Crippen LogP contribution in [0.3, 0.4) is 0 Å². The summed E-state index contributed by atoms with van der Waals surface area (Å²) in [6.45, 7) is 8.79. The maximum absolute atomic E-state index is 11.8. The maximum Gasteiger partial charge on any atom is 0.250 e. The molecule has 1 aromatic carbocycles. The lowest BCUT2D eigenvalue weighted by molar-refractivity contribution is 0.759. The van der Waals surface area contributed by atoms with Crippen molar-refractivity contribution in [2.45, 2.75) is 40.4 Å². The van der Waals surface area contributed by atoms with E-state index in [4.69, 9.17) is 0 Å². The van der Waals surface area contributed by atoms with Crippen molar-refractivity contribution in [2.75, 3.05) is 6.54 Å². The maximum atomic E-state index is 11.8. The van der Waals surface area contributed by atoms with Gasteiger partial charge in [0.1, 0.15) is 0 Å². The highest BCUT2D eigenvalue weighted by Crippen LogP contribution is 2.16. The van der Waals surface area contributed by atoms with Gasteiger partial charge in [-0.2, -0.15) is 0 Å². The summed E-state index contributed by atoms with van der Waals surface area (Å²) in [5.41, 5.74) is 3.29. The lowest BCUT2D eigenvalue weighted by atomic mass is 10.1. The van der Waals surface area contributed by atoms with Crippen LogP contribution in [0, 0.1) is 13.8 Å². The molecule has 0 aliphatic carbocycles. The number of benzene rings is 1. The predicted molar refractivity (Wildman–Crippen MR) is 135 cm³/mol. The number of rotatable bonds is 7. The van der Waals surface area contributed by atoms with Crippen molar-refractivity contribution in [2.24, 2.45) is 4.99 Å². The van der Waals surface area contributed by atoms with Gasteiger partial charge in [-0.1, -0.05) is 30.3 Å². The summed E-state index contributed by atoms with van der Waals surface area (Å²) in [5.74, 6) is 0.790. The van der Waals surface area contributed by atoms with Crippen LogP contribution in [0.1, 0.15) is 33.6 Å². The summed E-state index contributed by atoms with van der Waals surface area (Å²) in [6.07, 6.45) is 1.81. The van der Waals surface area contributed by atoms with E-state index in [9.17, 15) is 4.79 Å². The topological polar surface area (TPSA) is 71.3 Å². The normalized spacial score (nSPS) is 11.1. The lowest BCUT2D eigenvalue weighted by Crippen LogP contribution is -2.36. The van der Waals surface area contributed by atoms with Crippen LogP contribution in [-0.4, -0.2) is 22.1 Å². The molecule has 160 valence electrons. The summed E-state index contributed by atoms with van der Waals surface area (Å²) < 4.78 is 1.70. The van der Waals surface area contributed by atoms with Crippen molar-refractivity contribution in [3.63, 3.8) is 0 Å². The molecule has 2 aromatic heterocycles. The zero-order valence-electron chi connectivity index (χ0n) is 17.5. The van der Waals surface area contributed by atoms with Crippen LogP contribution >= 0.6 is 35.3 Å². The first-order chi connectivity index (χ1) is 14.0. The Kier molecular flexibility index (Phi) is 9.51. The van der Waals surface area contributed by atoms with Crippen LogP contribution in [0.2, 0.25) is 0 Å². The molecule has 0 fully saturated rings. The van der Waals surface area contributed by atoms with Crippen LogP contribution in [0.5, 0.6) is 0 Å². The Labute approximate surface area is 198 Å². The third-order valence-electron chi connectivity index (χ3n) is 4.45. The van der Waals surface area contributed by atoms with Gasteiger partial charge in [-0.25, -0.2) is 9.98 Å². The molecule has 30 heavy (non-hydrogen) atoms. The second kappa shape index (κ2) is 11.8. The third-order valence-corrected chi connectivity index (χ3v) is 5.53. The van der Waals surface area contributed by atoms with Crippen LogP contribution in [0.15, 0.2) is 58.4 Å². The number of aryl methyl sites for hydroxylation is 2. The van der Waals surface area contributed by atoms with Gasteiger partial charge in [0.15, 0.2) is 5.96 Å². The second-order valence-corrected chi connectivity index (χ2v) is 8.06. The first-order valence-corrected chi connectivity index (χ1v) is 10.5. The molecule has 0 bridgehead atoms. The molecule has 0 saturated carbocycles. The van der Waals surface area contributed by atoms with Gasteiger partial charge in [0.05, 0.1) is 30.3 Å². The van der Waals surface area contributed by atoms with Crippen molar-refractivity contribution >= 4 is 41.3 Å². The number of halogens is 1. The molecule has 3 aromatic rings. The number of guanidine groups is 1. The fourth-order valence-corrected chi connectivity index (χ4v) is 3.83. The fraction of sp³-hybridized carbons (Fsp3) is 0.318. The quantitative estimate of drug-likeness (QED) is 0.273. The van der Waals surface area contributed by atoms with E-state index in [2.05, 4.69) is 39.7 Å². The minimum atomic E-state index is 0. The average Bonchev–Trinajstić information content (AvgIpc) is 3.04. The number of hydrogen-bond acceptors (Lipinski definition) is 4. The molecular formula is C22H28IN5OS. The van der Waals surface area contributed by atoms with Crippen molar-refractivity contribution in [1.29, 1.82) is 0 Å². The van der Waals surface area contributed by atoms with Gasteiger partial charge < -0.3 is 15.2 Å². The fourth-order valence-electron chi connectivity index (χ4n) is 2.95. The SMILES string of the molecule is CCNC(=NCc1ccc(Cn2ccccc2=O)cc1)NCc1sc(C)nc1C.I. The van der Waals surface area contributed by atoms with Crippen molar-refractivity contribution in [3.05, 3.63) is 85.7 Å². The van der Waals surface area contributed by atoms with E-state index in [0.29, 0.717) is 19.6 Å². The molecule has 6 nitrogen and oxygen atoms in total. The number of nitrogens with one attached hydrogen (secondary N) is 2. The molecular weight excluding hydrogens is 509 g/mol. The standard InChI is InChI=1S/C22H27N5OS.HI/c1-4-23-22(25-14-20-16(2)26-17(3)29-20)24-13-18-8-10-19(11-9-18)15-27-12-6-5-7-21(27)28;/h5-12H,4,13-15H2,1-3H3,(H2,23,24,25);1H. The molecule has 0 unspecified atom stereocenters. The van der Waals surface area contributed by atoms with E-state index in [-0.39, 0.29) is 29.5 Å². The van der Waals surface area contributed by atoms with Gasteiger partial charge in [-0.15, -0.1) is 35.3 Å². The Bertz CT molecular complexity index is 1030. The van der Waals surface area contributed by atoms with E-state index in [1.807, 2.05) is 32.0 Å². The summed E-state index contributed by atoms with van der Waals surface area (Å²) in [5, 5.41) is 7.75. The van der Waals surface area contributed by atoms with E-state index in [0.717, 1.165) is 34.3 Å². The van der Waals surface area contributed by atoms with Crippen LogP contribution < -0.4 is 16.2 Å². The highest BCUT2D eigenvalue weighted by Gasteiger charge is 2.06. The number of aliphatic imine (C=N–C) groups is 1. The lowest BCUT2D eigenvalue weighted by Gasteiger charge is -2.11. The molecule has 0 aliphatic rings. The first kappa shape index (κ1) is 24.1. The molecule has 0 radical (unpaired) electrons. The predicted octanol–water partition coefficient (Wildman–Crippen LogP) is 3.84. The Morgan fingerprint density at radius 1 is 1.10 bits per heavy atom. The molecule has 2 N–H and O–H groups in total. The van der Waals surface area contributed by atoms with Crippen molar-refractivity contribution in [1.82, 2.24) is 20.2 Å². The highest BCUT2D eigenvalue weighted by atomic mass is 127. The number of hydrogen-bond donors (Lipinski definition) is 2. The van der Waals surface area contributed by atoms with Crippen molar-refractivity contribution < 1.29 is 0 Å². The third kappa shape index (κ3) is 6.94. The van der Waals surface area contributed by atoms with Gasteiger partial charge in [-0.3, -0.25) is 4.79 Å². The molecule has 0 saturated heterocycles. The highest BCUT2D eigenvalue weighted by molar-refractivity contribution is 14.0. The molecule has 0 atom stereocenters. The molecule has 0 spiro atoms. The first-order valence-electron chi connectivity index (χ1n) is 9.73. The van der Waals surface area contributed by atoms with Crippen LogP contribution in [-0.2, 0) is 19.6 Å². The number of pyridine rings is 1. The van der Waals surface area contributed by atoms with E-state index >= 15 is 0 Å². The Morgan fingerprint density at radius 2 is 1.83 bits per heavy atom. The Morgan fingerprint density at radius 3 is 2.47 bits per heavy atom. The van der Waals surface area contributed by atoms with E-state index in [1.54, 1.807) is 34.2 Å². The summed E-state index contributed by atoms with van der Waals surface area (Å²) >= 11 is 1.71. The average molecular weight is 537 g/mol. The monoisotopic (exact) mass is 537 g/mol. The smallest absolute Gasteiger partial charge is 0.250 e. The van der Waals surface area contributed by atoms with Crippen LogP contribution in [0.25, 0.3) is 0 Å². The summed E-state index contributed by atoms with van der Waals surface area (Å²) in [6, 6.07) is 13.4. The number of thiazole rings is 1. The Balaban J connectivity index is 0.00000320. The van der Waals surface area contributed by atoms with Gasteiger partial charge in [-0.05, 0) is 38.0 Å². The molecule has 0 amide bonds. The van der Waals surface area contributed by atoms with Crippen molar-refractivity contribution in [3.8, 4) is 0 Å². The second-order valence-electron chi connectivity index (χ2n) is 6.77. The minimum Gasteiger partial charge on any atom is -0.357 e. The molecule has 2 heterocycles. The van der Waals surface area contributed by atoms with Gasteiger partial charge in [0, 0.05) is 23.7 Å². The number of nitrogens with zero attached hydrogens (tertiary/aromatic N) is 3. The molecule has 3 rings (SSSR count). The van der Waals surface area contributed by atoms with E-state index < -0.39 is 0 Å². The number of aromatic nitrogens is 2. The molecule has 0 aliphatic heterocycles. The van der Waals surface area contributed by atoms with Crippen LogP contribution in [0.4, 0.5) is 0 Å². The largest absolute Gasteiger partial charge is 0.357 e. The molecule has 8 heteroatoms.